The van der Waals surface area contributed by atoms with Crippen LogP contribution in [0.2, 0.25) is 5.02 Å². The fourth-order valence-electron chi connectivity index (χ4n) is 2.26. The summed E-state index contributed by atoms with van der Waals surface area (Å²) in [6, 6.07) is 0.794. The number of halogens is 2. The van der Waals surface area contributed by atoms with E-state index in [1.54, 1.807) is 13.8 Å². The molecule has 0 spiro atoms. The van der Waals surface area contributed by atoms with E-state index in [1.807, 2.05) is 0 Å². The van der Waals surface area contributed by atoms with Crippen LogP contribution in [0.15, 0.2) is 17.1 Å². The van der Waals surface area contributed by atoms with Crippen LogP contribution in [0.25, 0.3) is 10.9 Å². The van der Waals surface area contributed by atoms with Gasteiger partial charge in [0.1, 0.15) is 16.9 Å². The molecule has 9 heteroatoms. The summed E-state index contributed by atoms with van der Waals surface area (Å²) in [5.41, 5.74) is -2.02. The molecule has 0 aliphatic heterocycles. The quantitative estimate of drug-likeness (QED) is 0.484. The Labute approximate surface area is 134 Å². The van der Waals surface area contributed by atoms with Gasteiger partial charge in [0.2, 0.25) is 5.43 Å². The summed E-state index contributed by atoms with van der Waals surface area (Å²) in [5.74, 6) is -1.98. The normalized spacial score (nSPS) is 10.8. The van der Waals surface area contributed by atoms with Gasteiger partial charge in [0.05, 0.1) is 16.9 Å². The summed E-state index contributed by atoms with van der Waals surface area (Å²) in [6.07, 6.45) is 1.16. The molecule has 1 aromatic carbocycles. The van der Waals surface area contributed by atoms with Crippen LogP contribution in [0.3, 0.4) is 0 Å². The van der Waals surface area contributed by atoms with Gasteiger partial charge in [-0.25, -0.2) is 9.18 Å². The standard InChI is InChI=1S/C14H12ClFN2O5/c1-3-17-6-8(14(20)23-4-2)13(19)7-5-9(16)10(15)12(11(7)17)18(21)22/h5-6H,3-4H2,1-2H3. The molecular weight excluding hydrogens is 331 g/mol. The maximum Gasteiger partial charge on any atom is 0.343 e. The summed E-state index contributed by atoms with van der Waals surface area (Å²) in [4.78, 5) is 34.6. The number of aryl methyl sites for hydroxylation is 1. The van der Waals surface area contributed by atoms with Crippen LogP contribution in [0.5, 0.6) is 0 Å². The Bertz CT molecular complexity index is 878. The first-order valence-electron chi connectivity index (χ1n) is 6.70. The zero-order valence-corrected chi connectivity index (χ0v) is 13.0. The highest BCUT2D eigenvalue weighted by Crippen LogP contribution is 2.34. The van der Waals surface area contributed by atoms with Crippen LogP contribution < -0.4 is 5.43 Å². The Morgan fingerprint density at radius 1 is 1.48 bits per heavy atom. The molecule has 0 fully saturated rings. The number of benzene rings is 1. The molecule has 2 aromatic rings. The lowest BCUT2D eigenvalue weighted by Crippen LogP contribution is -2.21. The SMILES string of the molecule is CCOC(=O)c1cn(CC)c2c([N+](=O)[O-])c(Cl)c(F)cc2c1=O. The molecule has 0 bridgehead atoms. The average molecular weight is 343 g/mol. The Kier molecular flexibility index (Phi) is 4.65. The zero-order chi connectivity index (χ0) is 17.3. The number of carbonyl (C=O) groups excluding carboxylic acids is 1. The lowest BCUT2D eigenvalue weighted by molar-refractivity contribution is -0.383. The van der Waals surface area contributed by atoms with Crippen molar-refractivity contribution in [3.63, 3.8) is 0 Å². The molecule has 0 saturated carbocycles. The number of aromatic nitrogens is 1. The molecule has 1 heterocycles. The fraction of sp³-hybridized carbons (Fsp3) is 0.286. The van der Waals surface area contributed by atoms with Gasteiger partial charge in [0.25, 0.3) is 0 Å². The number of nitro groups is 1. The van der Waals surface area contributed by atoms with Crippen molar-refractivity contribution in [3.05, 3.63) is 49.0 Å². The average Bonchev–Trinajstić information content (AvgIpc) is 2.49. The van der Waals surface area contributed by atoms with Gasteiger partial charge in [-0.05, 0) is 19.9 Å². The van der Waals surface area contributed by atoms with Crippen molar-refractivity contribution < 1.29 is 18.8 Å². The number of hydrogen-bond donors (Lipinski definition) is 0. The second kappa shape index (κ2) is 6.33. The number of fused-ring (bicyclic) bond motifs is 1. The van der Waals surface area contributed by atoms with Crippen LogP contribution >= 0.6 is 11.6 Å². The smallest absolute Gasteiger partial charge is 0.343 e. The largest absolute Gasteiger partial charge is 0.462 e. The van der Waals surface area contributed by atoms with Gasteiger partial charge in [0, 0.05) is 12.7 Å². The molecule has 0 aliphatic rings. The Balaban J connectivity index is 3.00. The highest BCUT2D eigenvalue weighted by molar-refractivity contribution is 6.34. The number of nitro benzene ring substituents is 1. The third kappa shape index (κ3) is 2.77. The first kappa shape index (κ1) is 16.9. The van der Waals surface area contributed by atoms with E-state index >= 15 is 0 Å². The minimum Gasteiger partial charge on any atom is -0.462 e. The summed E-state index contributed by atoms with van der Waals surface area (Å²) in [6.45, 7) is 3.48. The maximum atomic E-state index is 13.9. The molecule has 0 amide bonds. The van der Waals surface area contributed by atoms with E-state index < -0.39 is 32.8 Å². The van der Waals surface area contributed by atoms with Crippen molar-refractivity contribution in [2.75, 3.05) is 6.61 Å². The van der Waals surface area contributed by atoms with Gasteiger partial charge in [-0.2, -0.15) is 0 Å². The van der Waals surface area contributed by atoms with Crippen LogP contribution in [0, 0.1) is 15.9 Å². The van der Waals surface area contributed by atoms with Gasteiger partial charge in [0.15, 0.2) is 5.02 Å². The van der Waals surface area contributed by atoms with E-state index in [2.05, 4.69) is 0 Å². The summed E-state index contributed by atoms with van der Waals surface area (Å²) >= 11 is 5.68. The molecule has 23 heavy (non-hydrogen) atoms. The van der Waals surface area contributed by atoms with Crippen LogP contribution in [-0.4, -0.2) is 22.1 Å². The molecule has 122 valence electrons. The maximum absolute atomic E-state index is 13.9. The van der Waals surface area contributed by atoms with E-state index in [4.69, 9.17) is 16.3 Å². The molecule has 0 aliphatic carbocycles. The van der Waals surface area contributed by atoms with E-state index in [0.717, 1.165) is 12.3 Å². The molecular formula is C14H12ClFN2O5. The highest BCUT2D eigenvalue weighted by Gasteiger charge is 2.27. The molecule has 0 saturated heterocycles. The highest BCUT2D eigenvalue weighted by atomic mass is 35.5. The molecule has 2 rings (SSSR count). The topological polar surface area (TPSA) is 91.4 Å². The lowest BCUT2D eigenvalue weighted by Gasteiger charge is -2.12. The van der Waals surface area contributed by atoms with Crippen LogP contribution in [0.1, 0.15) is 24.2 Å². The fourth-order valence-corrected chi connectivity index (χ4v) is 2.47. The van der Waals surface area contributed by atoms with E-state index in [1.165, 1.54) is 4.57 Å². The van der Waals surface area contributed by atoms with Crippen molar-refractivity contribution >= 4 is 34.2 Å². The van der Waals surface area contributed by atoms with E-state index in [9.17, 15) is 24.1 Å². The number of carbonyl (C=O) groups is 1. The van der Waals surface area contributed by atoms with Crippen molar-refractivity contribution in [2.45, 2.75) is 20.4 Å². The second-order valence-corrected chi connectivity index (χ2v) is 4.93. The van der Waals surface area contributed by atoms with Gasteiger partial charge in [-0.3, -0.25) is 14.9 Å². The molecule has 0 N–H and O–H groups in total. The number of esters is 1. The van der Waals surface area contributed by atoms with Crippen LogP contribution in [-0.2, 0) is 11.3 Å². The Morgan fingerprint density at radius 2 is 2.13 bits per heavy atom. The second-order valence-electron chi connectivity index (χ2n) is 4.55. The van der Waals surface area contributed by atoms with E-state index in [-0.39, 0.29) is 29.6 Å². The number of hydrogen-bond acceptors (Lipinski definition) is 5. The predicted octanol–water partition coefficient (Wildman–Crippen LogP) is 2.90. The minimum absolute atomic E-state index is 0.0531. The van der Waals surface area contributed by atoms with Gasteiger partial charge in [-0.1, -0.05) is 11.6 Å². The van der Waals surface area contributed by atoms with E-state index in [0.29, 0.717) is 0 Å². The monoisotopic (exact) mass is 342 g/mol. The number of rotatable bonds is 4. The van der Waals surface area contributed by atoms with Crippen molar-refractivity contribution in [3.8, 4) is 0 Å². The first-order chi connectivity index (χ1) is 10.8. The lowest BCUT2D eigenvalue weighted by atomic mass is 10.1. The summed E-state index contributed by atoms with van der Waals surface area (Å²) < 4.78 is 19.9. The molecule has 7 nitrogen and oxygen atoms in total. The number of ether oxygens (including phenoxy) is 1. The number of pyridine rings is 1. The van der Waals surface area contributed by atoms with Crippen molar-refractivity contribution in [1.82, 2.24) is 4.57 Å². The summed E-state index contributed by atoms with van der Waals surface area (Å²) in [5, 5.41) is 10.2. The van der Waals surface area contributed by atoms with Gasteiger partial charge >= 0.3 is 11.7 Å². The first-order valence-corrected chi connectivity index (χ1v) is 7.07. The third-order valence-electron chi connectivity index (χ3n) is 3.25. The minimum atomic E-state index is -1.10. The predicted molar refractivity (Wildman–Crippen MR) is 81.5 cm³/mol. The molecule has 0 atom stereocenters. The molecule has 0 radical (unpaired) electrons. The Morgan fingerprint density at radius 3 is 2.65 bits per heavy atom. The Hall–Kier alpha value is -2.48. The van der Waals surface area contributed by atoms with Gasteiger partial charge < -0.3 is 9.30 Å². The third-order valence-corrected chi connectivity index (χ3v) is 3.61. The van der Waals surface area contributed by atoms with Gasteiger partial charge in [-0.15, -0.1) is 0 Å². The van der Waals surface area contributed by atoms with Crippen LogP contribution in [0.4, 0.5) is 10.1 Å². The van der Waals surface area contributed by atoms with Crippen molar-refractivity contribution in [1.29, 1.82) is 0 Å². The van der Waals surface area contributed by atoms with Crippen molar-refractivity contribution in [2.24, 2.45) is 0 Å². The molecule has 0 unspecified atom stereocenters. The summed E-state index contributed by atoms with van der Waals surface area (Å²) in [7, 11) is 0. The molecule has 1 aromatic heterocycles. The number of nitrogens with zero attached hydrogens (tertiary/aromatic N) is 2. The zero-order valence-electron chi connectivity index (χ0n) is 12.3.